The average molecular weight is 337 g/mol. The van der Waals surface area contributed by atoms with E-state index in [0.717, 1.165) is 5.56 Å². The van der Waals surface area contributed by atoms with Gasteiger partial charge in [-0.25, -0.2) is 4.39 Å². The van der Waals surface area contributed by atoms with Gasteiger partial charge < -0.3 is 11.1 Å². The molecule has 2 aromatic carbocycles. The van der Waals surface area contributed by atoms with E-state index >= 15 is 0 Å². The molecule has 0 atom stereocenters. The summed E-state index contributed by atoms with van der Waals surface area (Å²) in [5.74, 6) is -1.24. The summed E-state index contributed by atoms with van der Waals surface area (Å²) in [6, 6.07) is 12.4. The Morgan fingerprint density at radius 3 is 2.52 bits per heavy atom. The number of rotatable bonds is 4. The third-order valence-electron chi connectivity index (χ3n) is 3.83. The van der Waals surface area contributed by atoms with Crippen LogP contribution in [-0.2, 0) is 6.54 Å². The van der Waals surface area contributed by atoms with E-state index in [4.69, 9.17) is 5.73 Å². The number of hydrogen-bond acceptors (Lipinski definition) is 3. The standard InChI is InChI=1S/C19H16FN3O2/c1-11-8-16(15-9-14(20)6-7-17(15)23-11)19(25)22-10-12-2-4-13(5-3-12)18(21)24/h2-9H,10H2,1H3,(H2,21,24)(H,22,25). The largest absolute Gasteiger partial charge is 0.366 e. The van der Waals surface area contributed by atoms with Gasteiger partial charge >= 0.3 is 0 Å². The minimum absolute atomic E-state index is 0.274. The molecule has 0 radical (unpaired) electrons. The number of halogens is 1. The molecule has 0 fully saturated rings. The predicted molar refractivity (Wildman–Crippen MR) is 92.6 cm³/mol. The molecule has 0 bridgehead atoms. The number of amides is 2. The number of aryl methyl sites for hydroxylation is 1. The number of aromatic nitrogens is 1. The van der Waals surface area contributed by atoms with Gasteiger partial charge in [0, 0.05) is 23.2 Å². The summed E-state index contributed by atoms with van der Waals surface area (Å²) in [5, 5.41) is 3.26. The number of carbonyl (C=O) groups is 2. The minimum Gasteiger partial charge on any atom is -0.366 e. The Morgan fingerprint density at radius 1 is 1.12 bits per heavy atom. The summed E-state index contributed by atoms with van der Waals surface area (Å²) in [6.07, 6.45) is 0. The fourth-order valence-electron chi connectivity index (χ4n) is 2.58. The summed E-state index contributed by atoms with van der Waals surface area (Å²) in [4.78, 5) is 27.9. The number of carbonyl (C=O) groups excluding carboxylic acids is 2. The van der Waals surface area contributed by atoms with Gasteiger partial charge in [0.15, 0.2) is 0 Å². The maximum absolute atomic E-state index is 13.5. The number of nitrogens with one attached hydrogen (secondary N) is 1. The van der Waals surface area contributed by atoms with Gasteiger partial charge in [0.1, 0.15) is 5.82 Å². The zero-order valence-electron chi connectivity index (χ0n) is 13.5. The summed E-state index contributed by atoms with van der Waals surface area (Å²) in [5.41, 5.74) is 8.03. The van der Waals surface area contributed by atoms with E-state index in [-0.39, 0.29) is 12.5 Å². The third-order valence-corrected chi connectivity index (χ3v) is 3.83. The second-order valence-corrected chi connectivity index (χ2v) is 5.72. The van der Waals surface area contributed by atoms with Crippen molar-refractivity contribution < 1.29 is 14.0 Å². The number of nitrogens with two attached hydrogens (primary N) is 1. The number of primary amides is 1. The Kier molecular flexibility index (Phi) is 4.43. The van der Waals surface area contributed by atoms with Gasteiger partial charge in [-0.1, -0.05) is 12.1 Å². The first kappa shape index (κ1) is 16.6. The molecule has 6 heteroatoms. The average Bonchev–Trinajstić information content (AvgIpc) is 2.59. The number of pyridine rings is 1. The van der Waals surface area contributed by atoms with Gasteiger partial charge in [-0.2, -0.15) is 0 Å². The number of fused-ring (bicyclic) bond motifs is 1. The fourth-order valence-corrected chi connectivity index (χ4v) is 2.58. The van der Waals surface area contributed by atoms with Gasteiger partial charge in [0.05, 0.1) is 11.1 Å². The highest BCUT2D eigenvalue weighted by atomic mass is 19.1. The normalized spacial score (nSPS) is 10.6. The molecule has 0 unspecified atom stereocenters. The highest BCUT2D eigenvalue weighted by molar-refractivity contribution is 6.06. The lowest BCUT2D eigenvalue weighted by atomic mass is 10.1. The van der Waals surface area contributed by atoms with Gasteiger partial charge in [-0.3, -0.25) is 14.6 Å². The first-order chi connectivity index (χ1) is 11.9. The molecule has 1 aromatic heterocycles. The van der Waals surface area contributed by atoms with Crippen LogP contribution in [0.3, 0.4) is 0 Å². The van der Waals surface area contributed by atoms with E-state index in [1.54, 1.807) is 43.3 Å². The second-order valence-electron chi connectivity index (χ2n) is 5.72. The molecular formula is C19H16FN3O2. The van der Waals surface area contributed by atoms with Gasteiger partial charge in [-0.15, -0.1) is 0 Å². The SMILES string of the molecule is Cc1cc(C(=O)NCc2ccc(C(N)=O)cc2)c2cc(F)ccc2n1. The molecule has 0 aliphatic carbocycles. The van der Waals surface area contributed by atoms with Crippen molar-refractivity contribution in [2.45, 2.75) is 13.5 Å². The number of benzene rings is 2. The molecule has 0 aliphatic rings. The molecule has 3 aromatic rings. The van der Waals surface area contributed by atoms with Crippen molar-refractivity contribution in [1.82, 2.24) is 10.3 Å². The summed E-state index contributed by atoms with van der Waals surface area (Å²) in [7, 11) is 0. The number of nitrogens with zero attached hydrogens (tertiary/aromatic N) is 1. The topological polar surface area (TPSA) is 85.1 Å². The van der Waals surface area contributed by atoms with E-state index in [1.807, 2.05) is 0 Å². The lowest BCUT2D eigenvalue weighted by molar-refractivity contribution is 0.0950. The van der Waals surface area contributed by atoms with Crippen molar-refractivity contribution in [2.75, 3.05) is 0 Å². The molecular weight excluding hydrogens is 321 g/mol. The minimum atomic E-state index is -0.503. The van der Waals surface area contributed by atoms with Crippen LogP contribution in [0, 0.1) is 12.7 Å². The summed E-state index contributed by atoms with van der Waals surface area (Å²) in [6.45, 7) is 2.05. The molecule has 25 heavy (non-hydrogen) atoms. The van der Waals surface area contributed by atoms with Crippen molar-refractivity contribution in [2.24, 2.45) is 5.73 Å². The smallest absolute Gasteiger partial charge is 0.252 e. The van der Waals surface area contributed by atoms with Gasteiger partial charge in [0.25, 0.3) is 5.91 Å². The Balaban J connectivity index is 1.82. The fraction of sp³-hybridized carbons (Fsp3) is 0.105. The lowest BCUT2D eigenvalue weighted by Gasteiger charge is -2.09. The van der Waals surface area contributed by atoms with Crippen LogP contribution in [0.15, 0.2) is 48.5 Å². The predicted octanol–water partition coefficient (Wildman–Crippen LogP) is 2.71. The van der Waals surface area contributed by atoms with Gasteiger partial charge in [0.2, 0.25) is 5.91 Å². The van der Waals surface area contributed by atoms with Crippen molar-refractivity contribution in [3.63, 3.8) is 0 Å². The Labute approximate surface area is 143 Å². The van der Waals surface area contributed by atoms with Crippen LogP contribution in [0.1, 0.15) is 32.0 Å². The van der Waals surface area contributed by atoms with E-state index in [1.165, 1.54) is 12.1 Å². The molecule has 5 nitrogen and oxygen atoms in total. The van der Waals surface area contributed by atoms with Crippen molar-refractivity contribution in [3.8, 4) is 0 Å². The van der Waals surface area contributed by atoms with E-state index in [0.29, 0.717) is 27.7 Å². The van der Waals surface area contributed by atoms with Crippen LogP contribution in [0.25, 0.3) is 10.9 Å². The third kappa shape index (κ3) is 3.63. The molecule has 2 amide bonds. The van der Waals surface area contributed by atoms with Crippen LogP contribution >= 0.6 is 0 Å². The van der Waals surface area contributed by atoms with Crippen LogP contribution in [-0.4, -0.2) is 16.8 Å². The van der Waals surface area contributed by atoms with E-state index in [2.05, 4.69) is 10.3 Å². The molecule has 0 saturated carbocycles. The van der Waals surface area contributed by atoms with E-state index < -0.39 is 11.7 Å². The molecule has 0 saturated heterocycles. The molecule has 0 spiro atoms. The van der Waals surface area contributed by atoms with Crippen LogP contribution in [0.4, 0.5) is 4.39 Å². The Hall–Kier alpha value is -3.28. The van der Waals surface area contributed by atoms with Crippen LogP contribution in [0.5, 0.6) is 0 Å². The van der Waals surface area contributed by atoms with E-state index in [9.17, 15) is 14.0 Å². The highest BCUT2D eigenvalue weighted by Gasteiger charge is 2.13. The maximum Gasteiger partial charge on any atom is 0.252 e. The van der Waals surface area contributed by atoms with Gasteiger partial charge in [-0.05, 0) is 48.9 Å². The zero-order valence-corrected chi connectivity index (χ0v) is 13.5. The molecule has 0 aliphatic heterocycles. The second kappa shape index (κ2) is 6.68. The Bertz CT molecular complexity index is 968. The molecule has 3 rings (SSSR count). The van der Waals surface area contributed by atoms with Crippen molar-refractivity contribution in [1.29, 1.82) is 0 Å². The van der Waals surface area contributed by atoms with Crippen molar-refractivity contribution in [3.05, 3.63) is 76.7 Å². The van der Waals surface area contributed by atoms with Crippen LogP contribution in [0.2, 0.25) is 0 Å². The Morgan fingerprint density at radius 2 is 1.84 bits per heavy atom. The first-order valence-corrected chi connectivity index (χ1v) is 7.68. The number of hydrogen-bond donors (Lipinski definition) is 2. The molecule has 126 valence electrons. The monoisotopic (exact) mass is 337 g/mol. The highest BCUT2D eigenvalue weighted by Crippen LogP contribution is 2.20. The zero-order chi connectivity index (χ0) is 18.0. The lowest BCUT2D eigenvalue weighted by Crippen LogP contribution is -2.23. The molecule has 1 heterocycles. The van der Waals surface area contributed by atoms with Crippen LogP contribution < -0.4 is 11.1 Å². The first-order valence-electron chi connectivity index (χ1n) is 7.68. The summed E-state index contributed by atoms with van der Waals surface area (Å²) >= 11 is 0. The molecule has 3 N–H and O–H groups in total. The quantitative estimate of drug-likeness (QED) is 0.767. The van der Waals surface area contributed by atoms with Crippen molar-refractivity contribution >= 4 is 22.7 Å². The summed E-state index contributed by atoms with van der Waals surface area (Å²) < 4.78 is 13.5. The maximum atomic E-state index is 13.5.